The highest BCUT2D eigenvalue weighted by Crippen LogP contribution is 2.39. The van der Waals surface area contributed by atoms with Gasteiger partial charge in [0.05, 0.1) is 43.5 Å². The van der Waals surface area contributed by atoms with Gasteiger partial charge in [0.2, 0.25) is 0 Å². The van der Waals surface area contributed by atoms with Crippen molar-refractivity contribution in [2.75, 3.05) is 40.6 Å². The molecule has 16 fully saturated rings. The van der Waals surface area contributed by atoms with E-state index in [0.29, 0.717) is 5.56 Å². The average molecular weight is 1160 g/mol. The Morgan fingerprint density at radius 3 is 0.949 bits per heavy atom. The third kappa shape index (κ3) is 13.5. The molecule has 17 N–H and O–H groups in total. The van der Waals surface area contributed by atoms with Crippen LogP contribution in [0.15, 0.2) is 29.2 Å². The minimum Gasteiger partial charge on any atom is -0.400 e. The molecule has 12 bridgehead atoms. The van der Waals surface area contributed by atoms with Crippen LogP contribution in [0.2, 0.25) is 0 Å². The second-order valence-electron chi connectivity index (χ2n) is 19.1. The molecule has 78 heavy (non-hydrogen) atoms. The minimum absolute atomic E-state index is 0.407. The predicted molar refractivity (Wildman–Crippen MR) is 246 cm³/mol. The standard InChI is InChI=1S/C43H66O30S.2CH4O/c1-12-4-6-15(7-5-12)74(59,60)73-37-30(58)36-19(11-47)66-43(37)68-32-14(3)62-38(26(54)21(32)49)69-33-16(8-44)64-41(28(56)23(33)51)71-35-18(10-46)65-42(29(57)24(35)52)70-34-17(9-45)63-40(27(55)22(34)50)67-31-13(2)61-39(72-36)25(53)20(31)48;2*1-2/h4-7,13-14,16-58H,8-11H2,1-3H3;2*2H,1H3/t13-,14-,16-,17-,18-,19-,20-,21-,22-,23-,24-,25-,26-,27-,28-,29-,30+,31-,32-,33-,34-,35-,36-,37-,38-,39-,40-,41-,42-,43-;;/m1../s1. The van der Waals surface area contributed by atoms with Gasteiger partial charge in [-0.15, -0.1) is 0 Å². The van der Waals surface area contributed by atoms with Crippen molar-refractivity contribution < 1.29 is 156 Å². The van der Waals surface area contributed by atoms with Crippen molar-refractivity contribution in [3.05, 3.63) is 29.8 Å². The highest BCUT2D eigenvalue weighted by atomic mass is 32.2. The first kappa shape index (κ1) is 65.1. The third-order valence-electron chi connectivity index (χ3n) is 14.1. The monoisotopic (exact) mass is 1160 g/mol. The van der Waals surface area contributed by atoms with E-state index in [1.165, 1.54) is 38.1 Å². The number of aryl methyl sites for hydroxylation is 1. The molecule has 1 aromatic carbocycles. The van der Waals surface area contributed by atoms with Gasteiger partial charge < -0.3 is 144 Å². The van der Waals surface area contributed by atoms with Crippen LogP contribution in [0.4, 0.5) is 0 Å². The van der Waals surface area contributed by atoms with Crippen molar-refractivity contribution in [1.82, 2.24) is 0 Å². The molecule has 0 unspecified atom stereocenters. The van der Waals surface area contributed by atoms with Gasteiger partial charge in [0.15, 0.2) is 43.8 Å². The summed E-state index contributed by atoms with van der Waals surface area (Å²) in [5.74, 6) is 0. The third-order valence-corrected chi connectivity index (χ3v) is 15.4. The molecule has 0 aromatic heterocycles. The highest BCUT2D eigenvalue weighted by molar-refractivity contribution is 7.86. The molecule has 16 aliphatic rings. The number of benzene rings is 1. The normalized spacial score (nSPS) is 48.4. The van der Waals surface area contributed by atoms with Crippen molar-refractivity contribution in [3.8, 4) is 0 Å². The number of hydrogen-bond acceptors (Lipinski definition) is 32. The van der Waals surface area contributed by atoms with Crippen molar-refractivity contribution in [2.24, 2.45) is 0 Å². The van der Waals surface area contributed by atoms with E-state index in [-0.39, 0.29) is 0 Å². The van der Waals surface area contributed by atoms with Gasteiger partial charge in [0, 0.05) is 14.2 Å². The molecule has 16 saturated heterocycles. The second-order valence-corrected chi connectivity index (χ2v) is 20.7. The second kappa shape index (κ2) is 28.0. The molecule has 32 nitrogen and oxygen atoms in total. The fourth-order valence-electron chi connectivity index (χ4n) is 9.87. The zero-order valence-electron chi connectivity index (χ0n) is 42.6. The summed E-state index contributed by atoms with van der Waals surface area (Å²) in [5, 5.41) is 181. The van der Waals surface area contributed by atoms with Gasteiger partial charge in [-0.1, -0.05) is 17.7 Å². The predicted octanol–water partition coefficient (Wildman–Crippen LogP) is -10.1. The molecule has 30 atom stereocenters. The van der Waals surface area contributed by atoms with Gasteiger partial charge in [0.25, 0.3) is 10.1 Å². The lowest BCUT2D eigenvalue weighted by atomic mass is 9.95. The van der Waals surface area contributed by atoms with Gasteiger partial charge >= 0.3 is 0 Å². The Labute approximate surface area is 445 Å². The van der Waals surface area contributed by atoms with Crippen molar-refractivity contribution in [3.63, 3.8) is 0 Å². The molecule has 0 spiro atoms. The van der Waals surface area contributed by atoms with Crippen LogP contribution in [-0.4, -0.2) is 320 Å². The Kier molecular flexibility index (Phi) is 23.4. The van der Waals surface area contributed by atoms with E-state index < -0.39 is 226 Å². The summed E-state index contributed by atoms with van der Waals surface area (Å²) in [5.41, 5.74) is 0.665. The summed E-state index contributed by atoms with van der Waals surface area (Å²) in [4.78, 5) is -0.407. The quantitative estimate of drug-likeness (QED) is 0.113. The summed E-state index contributed by atoms with van der Waals surface area (Å²) in [6, 6.07) is 5.29. The summed E-state index contributed by atoms with van der Waals surface area (Å²) in [6.07, 6.45) is -57.4. The Balaban J connectivity index is 0.00000240. The zero-order chi connectivity index (χ0) is 57.8. The first-order chi connectivity index (χ1) is 37.0. The van der Waals surface area contributed by atoms with Crippen LogP contribution in [-0.2, 0) is 71.1 Å². The van der Waals surface area contributed by atoms with Gasteiger partial charge in [-0.2, -0.15) is 8.42 Å². The van der Waals surface area contributed by atoms with E-state index in [9.17, 15) is 85.0 Å². The summed E-state index contributed by atoms with van der Waals surface area (Å²) in [7, 11) is -2.87. The van der Waals surface area contributed by atoms with Gasteiger partial charge in [-0.05, 0) is 32.9 Å². The van der Waals surface area contributed by atoms with Crippen molar-refractivity contribution in [1.29, 1.82) is 0 Å². The van der Waals surface area contributed by atoms with Crippen LogP contribution in [0.1, 0.15) is 19.4 Å². The Hall–Kier alpha value is -2.03. The molecular weight excluding hydrogens is 1080 g/mol. The van der Waals surface area contributed by atoms with E-state index in [1.54, 1.807) is 6.92 Å². The molecule has 17 rings (SSSR count). The molecule has 16 heterocycles. The molecule has 0 radical (unpaired) electrons. The van der Waals surface area contributed by atoms with E-state index in [4.69, 9.17) is 71.2 Å². The molecule has 16 aliphatic heterocycles. The number of aliphatic hydroxyl groups is 17. The fourth-order valence-corrected chi connectivity index (χ4v) is 10.9. The van der Waals surface area contributed by atoms with Crippen molar-refractivity contribution in [2.45, 2.75) is 210 Å². The van der Waals surface area contributed by atoms with Gasteiger partial charge in [-0.3, -0.25) is 4.18 Å². The lowest BCUT2D eigenvalue weighted by Gasteiger charge is -2.50. The lowest BCUT2D eigenvalue weighted by molar-refractivity contribution is -0.401. The molecule has 452 valence electrons. The van der Waals surface area contributed by atoms with E-state index >= 15 is 0 Å². The van der Waals surface area contributed by atoms with Crippen LogP contribution in [0, 0.1) is 6.92 Å². The van der Waals surface area contributed by atoms with E-state index in [2.05, 4.69) is 0 Å². The summed E-state index contributed by atoms with van der Waals surface area (Å²) >= 11 is 0. The smallest absolute Gasteiger partial charge is 0.297 e. The molecule has 1 aromatic rings. The topological polar surface area (TPSA) is 498 Å². The zero-order valence-corrected chi connectivity index (χ0v) is 43.4. The number of hydrogen-bond donors (Lipinski definition) is 17. The molecule has 0 amide bonds. The Bertz CT molecular complexity index is 2080. The fraction of sp³-hybridized carbons (Fsp3) is 0.867. The minimum atomic E-state index is -4.87. The average Bonchev–Trinajstić information content (AvgIpc) is 3.43. The van der Waals surface area contributed by atoms with E-state index in [0.717, 1.165) is 14.2 Å². The maximum atomic E-state index is 13.8. The lowest BCUT2D eigenvalue weighted by Crippen LogP contribution is -2.68. The molecule has 0 saturated carbocycles. The largest absolute Gasteiger partial charge is 0.400 e. The van der Waals surface area contributed by atoms with Crippen molar-refractivity contribution >= 4 is 10.1 Å². The van der Waals surface area contributed by atoms with Crippen LogP contribution in [0.5, 0.6) is 0 Å². The highest BCUT2D eigenvalue weighted by Gasteiger charge is 2.59. The first-order valence-electron chi connectivity index (χ1n) is 24.7. The Morgan fingerprint density at radius 1 is 0.372 bits per heavy atom. The molecule has 0 aliphatic carbocycles. The number of rotatable bonds is 7. The Morgan fingerprint density at radius 2 is 0.628 bits per heavy atom. The maximum absolute atomic E-state index is 13.8. The van der Waals surface area contributed by atoms with Crippen LogP contribution < -0.4 is 0 Å². The van der Waals surface area contributed by atoms with Gasteiger partial charge in [-0.25, -0.2) is 0 Å². The number of ether oxygens (including phenoxy) is 12. The maximum Gasteiger partial charge on any atom is 0.297 e. The van der Waals surface area contributed by atoms with Gasteiger partial charge in [0.1, 0.15) is 128 Å². The SMILES string of the molecule is CO.CO.Cc1ccc(S(=O)(=O)O[C@H]2[C@H]3O[C@H]4[C@H](O)[C@@H](O)[C@@H](O[C@H]5[C@H](O)[C@@H](O)[C@@H](O[C@H]6[C@H](O)[C@@H](O)[C@@H](O[C@H]7[C@H](O)[C@@H](O)[C@@H](O[C@H]8[C@H](O)[C@@H](O)[C@@H](O[C@@H]([C@@H]2O)[C@@H](CO)O3)O[C@@H]8C)O[C@@H]7CO)O[C@@H]6CO)O[C@@H]5CO)O[C@@H]4C)cc1. The summed E-state index contributed by atoms with van der Waals surface area (Å²) in [6.45, 7) is 0.302. The van der Waals surface area contributed by atoms with E-state index in [1.807, 2.05) is 0 Å². The molecular formula is C45H74O32S. The van der Waals surface area contributed by atoms with Crippen LogP contribution in [0.25, 0.3) is 0 Å². The molecule has 33 heteroatoms. The van der Waals surface area contributed by atoms with Crippen LogP contribution in [0.3, 0.4) is 0 Å². The first-order valence-corrected chi connectivity index (χ1v) is 26.1. The van der Waals surface area contributed by atoms with Crippen LogP contribution >= 0.6 is 0 Å². The number of aliphatic hydroxyl groups excluding tert-OH is 17. The summed E-state index contributed by atoms with van der Waals surface area (Å²) < 4.78 is 103.